The highest BCUT2D eigenvalue weighted by atomic mass is 32.1. The van der Waals surface area contributed by atoms with Crippen molar-refractivity contribution < 1.29 is 5.11 Å². The van der Waals surface area contributed by atoms with Crippen molar-refractivity contribution in [3.8, 4) is 0 Å². The molecule has 0 saturated heterocycles. The van der Waals surface area contributed by atoms with E-state index in [-0.39, 0.29) is 12.6 Å². The van der Waals surface area contributed by atoms with Gasteiger partial charge in [0.25, 0.3) is 0 Å². The lowest BCUT2D eigenvalue weighted by molar-refractivity contribution is 0.230. The quantitative estimate of drug-likeness (QED) is 0.787. The molecule has 0 fully saturated rings. The molecule has 0 spiro atoms. The molecular formula is C11H19NOS. The minimum atomic E-state index is 0.213. The molecule has 0 radical (unpaired) electrons. The summed E-state index contributed by atoms with van der Waals surface area (Å²) in [6.07, 6.45) is 0.963. The topological polar surface area (TPSA) is 32.3 Å². The van der Waals surface area contributed by atoms with E-state index in [0.29, 0.717) is 6.04 Å². The summed E-state index contributed by atoms with van der Waals surface area (Å²) in [5.74, 6) is 0. The predicted molar refractivity (Wildman–Crippen MR) is 61.8 cm³/mol. The summed E-state index contributed by atoms with van der Waals surface area (Å²) in [5, 5.41) is 12.5. The largest absolute Gasteiger partial charge is 0.395 e. The van der Waals surface area contributed by atoms with Crippen LogP contribution in [0.1, 0.15) is 36.1 Å². The van der Waals surface area contributed by atoms with Crippen molar-refractivity contribution in [2.24, 2.45) is 0 Å². The fraction of sp³-hybridized carbons (Fsp3) is 0.636. The molecule has 0 bridgehead atoms. The molecule has 0 aliphatic rings. The van der Waals surface area contributed by atoms with Gasteiger partial charge in [0.2, 0.25) is 0 Å². The van der Waals surface area contributed by atoms with Crippen LogP contribution in [0, 0.1) is 6.92 Å². The van der Waals surface area contributed by atoms with Gasteiger partial charge in [-0.2, -0.15) is 0 Å². The number of aryl methyl sites for hydroxylation is 1. The molecule has 0 aromatic carbocycles. The molecule has 80 valence electrons. The van der Waals surface area contributed by atoms with Crippen LogP contribution in [-0.2, 0) is 0 Å². The summed E-state index contributed by atoms with van der Waals surface area (Å²) in [4.78, 5) is 2.68. The molecule has 0 aliphatic heterocycles. The third-order valence-corrected chi connectivity index (χ3v) is 3.57. The van der Waals surface area contributed by atoms with E-state index in [2.05, 4.69) is 38.2 Å². The zero-order chi connectivity index (χ0) is 10.6. The van der Waals surface area contributed by atoms with Crippen LogP contribution in [0.25, 0.3) is 0 Å². The smallest absolute Gasteiger partial charge is 0.0584 e. The molecular weight excluding hydrogens is 194 g/mol. The number of thiophene rings is 1. The first-order chi connectivity index (χ1) is 6.67. The van der Waals surface area contributed by atoms with E-state index >= 15 is 0 Å². The number of aliphatic hydroxyl groups excluding tert-OH is 1. The third kappa shape index (κ3) is 3.08. The third-order valence-electron chi connectivity index (χ3n) is 2.39. The van der Waals surface area contributed by atoms with E-state index < -0.39 is 0 Å². The fourth-order valence-electron chi connectivity index (χ4n) is 1.42. The number of hydrogen-bond acceptors (Lipinski definition) is 3. The van der Waals surface area contributed by atoms with E-state index in [1.807, 2.05) is 11.3 Å². The van der Waals surface area contributed by atoms with Crippen LogP contribution in [0.3, 0.4) is 0 Å². The van der Waals surface area contributed by atoms with Gasteiger partial charge in [0.05, 0.1) is 6.61 Å². The minimum absolute atomic E-state index is 0.213. The normalized spacial score (nSPS) is 15.4. The Bertz CT molecular complexity index is 268. The monoisotopic (exact) mass is 213 g/mol. The van der Waals surface area contributed by atoms with Crippen LogP contribution in [0.15, 0.2) is 12.1 Å². The number of rotatable bonds is 5. The van der Waals surface area contributed by atoms with Gasteiger partial charge in [-0.25, -0.2) is 0 Å². The second kappa shape index (κ2) is 5.49. The SMILES string of the molecule is CC[C@@H](CO)N[C@H](C)c1ccc(C)s1. The summed E-state index contributed by atoms with van der Waals surface area (Å²) in [6, 6.07) is 4.85. The summed E-state index contributed by atoms with van der Waals surface area (Å²) >= 11 is 1.81. The summed E-state index contributed by atoms with van der Waals surface area (Å²) in [6.45, 7) is 6.55. The first-order valence-electron chi connectivity index (χ1n) is 5.10. The Kier molecular flexibility index (Phi) is 4.58. The number of hydrogen-bond donors (Lipinski definition) is 2. The van der Waals surface area contributed by atoms with Gasteiger partial charge in [-0.1, -0.05) is 6.92 Å². The Labute approximate surface area is 90.0 Å². The predicted octanol–water partition coefficient (Wildman–Crippen LogP) is 2.48. The average Bonchev–Trinajstić information content (AvgIpc) is 2.61. The van der Waals surface area contributed by atoms with Crippen LogP contribution in [0.4, 0.5) is 0 Å². The maximum absolute atomic E-state index is 9.07. The lowest BCUT2D eigenvalue weighted by Crippen LogP contribution is -2.33. The number of aliphatic hydroxyl groups is 1. The Balaban J connectivity index is 2.53. The van der Waals surface area contributed by atoms with Crippen LogP contribution in [-0.4, -0.2) is 17.8 Å². The van der Waals surface area contributed by atoms with Gasteiger partial charge < -0.3 is 10.4 Å². The molecule has 14 heavy (non-hydrogen) atoms. The van der Waals surface area contributed by atoms with Crippen molar-refractivity contribution in [1.82, 2.24) is 5.32 Å². The summed E-state index contributed by atoms with van der Waals surface area (Å²) in [7, 11) is 0. The van der Waals surface area contributed by atoms with Crippen molar-refractivity contribution in [2.45, 2.75) is 39.3 Å². The van der Waals surface area contributed by atoms with Crippen molar-refractivity contribution in [3.05, 3.63) is 21.9 Å². The molecule has 2 nitrogen and oxygen atoms in total. The van der Waals surface area contributed by atoms with Crippen LogP contribution >= 0.6 is 11.3 Å². The molecule has 3 heteroatoms. The summed E-state index contributed by atoms with van der Waals surface area (Å²) in [5.41, 5.74) is 0. The Morgan fingerprint density at radius 2 is 2.21 bits per heavy atom. The molecule has 1 rings (SSSR count). The second-order valence-electron chi connectivity index (χ2n) is 3.62. The van der Waals surface area contributed by atoms with E-state index in [1.165, 1.54) is 9.75 Å². The van der Waals surface area contributed by atoms with Gasteiger partial charge in [0.15, 0.2) is 0 Å². The standard InChI is InChI=1S/C11H19NOS/c1-4-10(7-13)12-9(3)11-6-5-8(2)14-11/h5-6,9-10,12-13H,4,7H2,1-3H3/t9-,10+/m1/s1. The summed E-state index contributed by atoms with van der Waals surface area (Å²) < 4.78 is 0. The highest BCUT2D eigenvalue weighted by molar-refractivity contribution is 7.12. The average molecular weight is 213 g/mol. The van der Waals surface area contributed by atoms with Crippen LogP contribution in [0.5, 0.6) is 0 Å². The molecule has 2 N–H and O–H groups in total. The first-order valence-corrected chi connectivity index (χ1v) is 5.92. The van der Waals surface area contributed by atoms with Gasteiger partial charge in [-0.15, -0.1) is 11.3 Å². The Morgan fingerprint density at radius 1 is 1.50 bits per heavy atom. The van der Waals surface area contributed by atoms with Crippen molar-refractivity contribution >= 4 is 11.3 Å². The molecule has 0 unspecified atom stereocenters. The van der Waals surface area contributed by atoms with E-state index in [1.54, 1.807) is 0 Å². The zero-order valence-electron chi connectivity index (χ0n) is 9.08. The molecule has 1 aromatic rings. The molecule has 0 amide bonds. The van der Waals surface area contributed by atoms with Gasteiger partial charge in [-0.3, -0.25) is 0 Å². The van der Waals surface area contributed by atoms with E-state index in [4.69, 9.17) is 5.11 Å². The fourth-order valence-corrected chi connectivity index (χ4v) is 2.31. The number of nitrogens with one attached hydrogen (secondary N) is 1. The highest BCUT2D eigenvalue weighted by Crippen LogP contribution is 2.22. The van der Waals surface area contributed by atoms with Gasteiger partial charge in [0.1, 0.15) is 0 Å². The van der Waals surface area contributed by atoms with Crippen molar-refractivity contribution in [3.63, 3.8) is 0 Å². The highest BCUT2D eigenvalue weighted by Gasteiger charge is 2.11. The lowest BCUT2D eigenvalue weighted by atomic mass is 10.2. The molecule has 1 aromatic heterocycles. The van der Waals surface area contributed by atoms with E-state index in [9.17, 15) is 0 Å². The van der Waals surface area contributed by atoms with Gasteiger partial charge >= 0.3 is 0 Å². The van der Waals surface area contributed by atoms with Crippen molar-refractivity contribution in [2.75, 3.05) is 6.61 Å². The van der Waals surface area contributed by atoms with Gasteiger partial charge in [-0.05, 0) is 32.4 Å². The maximum atomic E-state index is 9.07. The van der Waals surface area contributed by atoms with Crippen molar-refractivity contribution in [1.29, 1.82) is 0 Å². The molecule has 0 saturated carbocycles. The first kappa shape index (κ1) is 11.7. The van der Waals surface area contributed by atoms with Gasteiger partial charge in [0, 0.05) is 21.8 Å². The minimum Gasteiger partial charge on any atom is -0.395 e. The Hall–Kier alpha value is -0.380. The zero-order valence-corrected chi connectivity index (χ0v) is 9.90. The molecule has 1 heterocycles. The van der Waals surface area contributed by atoms with Crippen LogP contribution in [0.2, 0.25) is 0 Å². The molecule has 0 aliphatic carbocycles. The second-order valence-corrected chi connectivity index (χ2v) is 4.94. The maximum Gasteiger partial charge on any atom is 0.0584 e. The lowest BCUT2D eigenvalue weighted by Gasteiger charge is -2.19. The Morgan fingerprint density at radius 3 is 2.64 bits per heavy atom. The van der Waals surface area contributed by atoms with Crippen LogP contribution < -0.4 is 5.32 Å². The van der Waals surface area contributed by atoms with E-state index in [0.717, 1.165) is 6.42 Å². The molecule has 2 atom stereocenters.